The molecule has 0 aliphatic carbocycles. The van der Waals surface area contributed by atoms with E-state index < -0.39 is 0 Å². The van der Waals surface area contributed by atoms with Crippen molar-refractivity contribution in [2.75, 3.05) is 12.9 Å². The summed E-state index contributed by atoms with van der Waals surface area (Å²) in [5, 5.41) is 13.4. The maximum Gasteiger partial charge on any atom is 0.250 e. The maximum absolute atomic E-state index is 12.2. The smallest absolute Gasteiger partial charge is 0.250 e. The molecule has 0 spiro atoms. The number of carbonyl (C=O) groups is 1. The number of ether oxygens (including phenoxy) is 1. The molecule has 8 heteroatoms. The second-order valence-corrected chi connectivity index (χ2v) is 7.11. The highest BCUT2D eigenvalue weighted by atomic mass is 32.2. The molecule has 7 nitrogen and oxygen atoms in total. The monoisotopic (exact) mass is 409 g/mol. The van der Waals surface area contributed by atoms with Gasteiger partial charge in [0, 0.05) is 17.7 Å². The highest BCUT2D eigenvalue weighted by molar-refractivity contribution is 7.99. The van der Waals surface area contributed by atoms with Crippen molar-refractivity contribution in [3.8, 4) is 17.1 Å². The van der Waals surface area contributed by atoms with Crippen LogP contribution in [0.15, 0.2) is 64.9 Å². The number of hydrogen-bond donors (Lipinski definition) is 1. The minimum absolute atomic E-state index is 0.196. The van der Waals surface area contributed by atoms with Gasteiger partial charge in [-0.1, -0.05) is 54.2 Å². The number of benzene rings is 2. The van der Waals surface area contributed by atoms with Crippen LogP contribution in [-0.4, -0.2) is 39.2 Å². The van der Waals surface area contributed by atoms with Crippen LogP contribution in [0.1, 0.15) is 19.4 Å². The average Bonchev–Trinajstić information content (AvgIpc) is 3.19. The SMILES string of the molecule is CCn1c(SCC(=O)N/N=C(\C)c2cccc(OC)c2)nnc1-c1ccccc1. The predicted octanol–water partition coefficient (Wildman–Crippen LogP) is 3.61. The largest absolute Gasteiger partial charge is 0.497 e. The van der Waals surface area contributed by atoms with Crippen molar-refractivity contribution in [3.63, 3.8) is 0 Å². The summed E-state index contributed by atoms with van der Waals surface area (Å²) in [6.07, 6.45) is 0. The molecule has 2 aromatic carbocycles. The molecule has 150 valence electrons. The van der Waals surface area contributed by atoms with Crippen LogP contribution >= 0.6 is 11.8 Å². The fraction of sp³-hybridized carbons (Fsp3) is 0.238. The summed E-state index contributed by atoms with van der Waals surface area (Å²) in [6.45, 7) is 4.58. The third-order valence-corrected chi connectivity index (χ3v) is 5.20. The van der Waals surface area contributed by atoms with Crippen LogP contribution < -0.4 is 10.2 Å². The van der Waals surface area contributed by atoms with E-state index in [1.165, 1.54) is 11.8 Å². The van der Waals surface area contributed by atoms with Crippen LogP contribution in [0.25, 0.3) is 11.4 Å². The molecule has 3 rings (SSSR count). The van der Waals surface area contributed by atoms with Crippen molar-refractivity contribution >= 4 is 23.4 Å². The Morgan fingerprint density at radius 2 is 1.97 bits per heavy atom. The van der Waals surface area contributed by atoms with Crippen LogP contribution in [0.4, 0.5) is 0 Å². The summed E-state index contributed by atoms with van der Waals surface area (Å²) in [6, 6.07) is 17.4. The molecule has 1 amide bonds. The van der Waals surface area contributed by atoms with Gasteiger partial charge in [-0.3, -0.25) is 4.79 Å². The van der Waals surface area contributed by atoms with Crippen LogP contribution in [0.2, 0.25) is 0 Å². The first-order valence-corrected chi connectivity index (χ1v) is 10.2. The molecule has 0 aliphatic heterocycles. The normalized spacial score (nSPS) is 11.3. The van der Waals surface area contributed by atoms with Gasteiger partial charge in [-0.05, 0) is 26.0 Å². The Kier molecular flexibility index (Phi) is 7.02. The molecule has 1 heterocycles. The summed E-state index contributed by atoms with van der Waals surface area (Å²) in [5.41, 5.74) is 5.18. The topological polar surface area (TPSA) is 81.4 Å². The lowest BCUT2D eigenvalue weighted by Gasteiger charge is -2.07. The average molecular weight is 410 g/mol. The van der Waals surface area contributed by atoms with Crippen molar-refractivity contribution in [2.45, 2.75) is 25.5 Å². The van der Waals surface area contributed by atoms with Crippen molar-refractivity contribution < 1.29 is 9.53 Å². The standard InChI is InChI=1S/C21H23N5O2S/c1-4-26-20(16-9-6-5-7-10-16)24-25-21(26)29-14-19(27)23-22-15(2)17-11-8-12-18(13-17)28-3/h5-13H,4,14H2,1-3H3,(H,23,27)/b22-15+. The van der Waals surface area contributed by atoms with Gasteiger partial charge in [0.05, 0.1) is 18.6 Å². The summed E-state index contributed by atoms with van der Waals surface area (Å²) in [4.78, 5) is 12.2. The third-order valence-electron chi connectivity index (χ3n) is 4.23. The van der Waals surface area contributed by atoms with Gasteiger partial charge in [0.2, 0.25) is 0 Å². The number of methoxy groups -OCH3 is 1. The molecule has 0 aliphatic rings. The molecule has 0 saturated heterocycles. The van der Waals surface area contributed by atoms with E-state index in [0.717, 1.165) is 22.7 Å². The summed E-state index contributed by atoms with van der Waals surface area (Å²) >= 11 is 1.34. The van der Waals surface area contributed by atoms with Crippen LogP contribution in [-0.2, 0) is 11.3 Å². The lowest BCUT2D eigenvalue weighted by molar-refractivity contribution is -0.118. The Bertz CT molecular complexity index is 1000. The van der Waals surface area contributed by atoms with Gasteiger partial charge in [-0.2, -0.15) is 5.10 Å². The minimum atomic E-state index is -0.204. The van der Waals surface area contributed by atoms with E-state index in [2.05, 4.69) is 20.7 Å². The zero-order valence-corrected chi connectivity index (χ0v) is 17.4. The molecule has 0 unspecified atom stereocenters. The van der Waals surface area contributed by atoms with Crippen LogP contribution in [0, 0.1) is 0 Å². The number of hydrazone groups is 1. The van der Waals surface area contributed by atoms with Crippen molar-refractivity contribution in [1.82, 2.24) is 20.2 Å². The number of amides is 1. The number of aromatic nitrogens is 3. The first kappa shape index (κ1) is 20.6. The maximum atomic E-state index is 12.2. The minimum Gasteiger partial charge on any atom is -0.497 e. The Morgan fingerprint density at radius 1 is 1.17 bits per heavy atom. The second-order valence-electron chi connectivity index (χ2n) is 6.17. The third kappa shape index (κ3) is 5.23. The number of nitrogens with one attached hydrogen (secondary N) is 1. The summed E-state index contributed by atoms with van der Waals surface area (Å²) in [7, 11) is 1.61. The van der Waals surface area contributed by atoms with E-state index in [9.17, 15) is 4.79 Å². The number of thioether (sulfide) groups is 1. The predicted molar refractivity (Wildman–Crippen MR) is 115 cm³/mol. The van der Waals surface area contributed by atoms with Gasteiger partial charge in [0.1, 0.15) is 5.75 Å². The molecule has 1 N–H and O–H groups in total. The molecule has 3 aromatic rings. The first-order chi connectivity index (χ1) is 14.1. The van der Waals surface area contributed by atoms with E-state index in [1.807, 2.05) is 73.0 Å². The van der Waals surface area contributed by atoms with Gasteiger partial charge in [0.15, 0.2) is 11.0 Å². The van der Waals surface area contributed by atoms with Gasteiger partial charge in [-0.25, -0.2) is 5.43 Å². The molecular formula is C21H23N5O2S. The number of nitrogens with zero attached hydrogens (tertiary/aromatic N) is 4. The molecule has 1 aromatic heterocycles. The Balaban J connectivity index is 1.61. The molecular weight excluding hydrogens is 386 g/mol. The summed E-state index contributed by atoms with van der Waals surface area (Å²) < 4.78 is 7.21. The summed E-state index contributed by atoms with van der Waals surface area (Å²) in [5.74, 6) is 1.53. The molecule has 0 atom stereocenters. The molecule has 29 heavy (non-hydrogen) atoms. The van der Waals surface area contributed by atoms with E-state index >= 15 is 0 Å². The van der Waals surface area contributed by atoms with E-state index in [1.54, 1.807) is 7.11 Å². The Labute approximate surface area is 174 Å². The lowest BCUT2D eigenvalue weighted by atomic mass is 10.1. The van der Waals surface area contributed by atoms with Gasteiger partial charge in [-0.15, -0.1) is 10.2 Å². The fourth-order valence-electron chi connectivity index (χ4n) is 2.70. The van der Waals surface area contributed by atoms with Crippen LogP contribution in [0.3, 0.4) is 0 Å². The number of rotatable bonds is 8. The Morgan fingerprint density at radius 3 is 2.69 bits per heavy atom. The van der Waals surface area contributed by atoms with Gasteiger partial charge < -0.3 is 9.30 Å². The van der Waals surface area contributed by atoms with E-state index in [4.69, 9.17) is 4.74 Å². The van der Waals surface area contributed by atoms with E-state index in [-0.39, 0.29) is 11.7 Å². The van der Waals surface area contributed by atoms with Gasteiger partial charge >= 0.3 is 0 Å². The van der Waals surface area contributed by atoms with Crippen molar-refractivity contribution in [3.05, 3.63) is 60.2 Å². The zero-order chi connectivity index (χ0) is 20.6. The highest BCUT2D eigenvalue weighted by Crippen LogP contribution is 2.23. The van der Waals surface area contributed by atoms with Crippen molar-refractivity contribution in [2.24, 2.45) is 5.10 Å². The first-order valence-electron chi connectivity index (χ1n) is 9.21. The zero-order valence-electron chi connectivity index (χ0n) is 16.6. The lowest BCUT2D eigenvalue weighted by Crippen LogP contribution is -2.21. The van der Waals surface area contributed by atoms with Gasteiger partial charge in [0.25, 0.3) is 5.91 Å². The molecule has 0 bridgehead atoms. The van der Waals surface area contributed by atoms with E-state index in [0.29, 0.717) is 17.4 Å². The second kappa shape index (κ2) is 9.88. The number of carbonyl (C=O) groups excluding carboxylic acids is 1. The van der Waals surface area contributed by atoms with Crippen molar-refractivity contribution in [1.29, 1.82) is 0 Å². The molecule has 0 saturated carbocycles. The highest BCUT2D eigenvalue weighted by Gasteiger charge is 2.14. The Hall–Kier alpha value is -3.13. The molecule has 0 radical (unpaired) electrons. The fourth-order valence-corrected chi connectivity index (χ4v) is 3.50. The quantitative estimate of drug-likeness (QED) is 0.349. The van der Waals surface area contributed by atoms with Crippen LogP contribution in [0.5, 0.6) is 5.75 Å². The molecule has 0 fully saturated rings. The number of hydrogen-bond acceptors (Lipinski definition) is 6.